The molecule has 0 aliphatic rings. The van der Waals surface area contributed by atoms with Gasteiger partial charge in [0.1, 0.15) is 12.8 Å². The molecule has 0 aliphatic carbocycles. The Labute approximate surface area is 94.9 Å². The minimum atomic E-state index is -0.663. The lowest BCUT2D eigenvalue weighted by molar-refractivity contribution is -0.134. The molecule has 6 nitrogen and oxygen atoms in total. The van der Waals surface area contributed by atoms with Crippen LogP contribution in [0.3, 0.4) is 0 Å². The van der Waals surface area contributed by atoms with Crippen molar-refractivity contribution in [1.82, 2.24) is 10.2 Å². The first-order valence-electron chi connectivity index (χ1n) is 5.13. The molecule has 0 aliphatic heterocycles. The van der Waals surface area contributed by atoms with Crippen LogP contribution in [0.15, 0.2) is 0 Å². The Bertz CT molecular complexity index is 255. The van der Waals surface area contributed by atoms with Gasteiger partial charge in [-0.05, 0) is 13.3 Å². The Morgan fingerprint density at radius 1 is 1.50 bits per heavy atom. The van der Waals surface area contributed by atoms with Gasteiger partial charge in [-0.1, -0.05) is 6.92 Å². The highest BCUT2D eigenvalue weighted by Gasteiger charge is 2.18. The van der Waals surface area contributed by atoms with Crippen molar-refractivity contribution in [2.24, 2.45) is 0 Å². The van der Waals surface area contributed by atoms with Crippen molar-refractivity contribution in [2.75, 3.05) is 20.2 Å². The third kappa shape index (κ3) is 4.77. The van der Waals surface area contributed by atoms with E-state index in [9.17, 15) is 14.4 Å². The first-order chi connectivity index (χ1) is 7.56. The molecule has 0 radical (unpaired) electrons. The summed E-state index contributed by atoms with van der Waals surface area (Å²) in [5.74, 6) is -0.299. The summed E-state index contributed by atoms with van der Waals surface area (Å²) in [6.07, 6.45) is 0.789. The van der Waals surface area contributed by atoms with Crippen LogP contribution < -0.4 is 5.32 Å². The van der Waals surface area contributed by atoms with Crippen LogP contribution in [-0.2, 0) is 14.3 Å². The van der Waals surface area contributed by atoms with Crippen molar-refractivity contribution < 1.29 is 19.1 Å². The largest absolute Gasteiger partial charge is 0.453 e. The van der Waals surface area contributed by atoms with Crippen LogP contribution in [0.4, 0.5) is 4.79 Å². The van der Waals surface area contributed by atoms with Crippen LogP contribution in [0.25, 0.3) is 0 Å². The number of methoxy groups -OCH3 is 1. The first-order valence-corrected chi connectivity index (χ1v) is 5.13. The van der Waals surface area contributed by atoms with Crippen molar-refractivity contribution in [3.8, 4) is 0 Å². The highest BCUT2D eigenvalue weighted by molar-refractivity contribution is 5.84. The molecule has 16 heavy (non-hydrogen) atoms. The molecule has 0 saturated heterocycles. The van der Waals surface area contributed by atoms with Crippen LogP contribution in [0.1, 0.15) is 20.3 Å². The summed E-state index contributed by atoms with van der Waals surface area (Å²) in [5.41, 5.74) is 0. The van der Waals surface area contributed by atoms with E-state index in [2.05, 4.69) is 10.1 Å². The summed E-state index contributed by atoms with van der Waals surface area (Å²) in [4.78, 5) is 34.4. The van der Waals surface area contributed by atoms with Gasteiger partial charge in [-0.25, -0.2) is 4.79 Å². The Balaban J connectivity index is 4.27. The predicted octanol–water partition coefficient (Wildman–Crippen LogP) is 0.168. The van der Waals surface area contributed by atoms with Gasteiger partial charge in [0.05, 0.1) is 13.2 Å². The van der Waals surface area contributed by atoms with E-state index in [1.807, 2.05) is 6.92 Å². The van der Waals surface area contributed by atoms with E-state index < -0.39 is 12.1 Å². The number of nitrogens with zero attached hydrogens (tertiary/aromatic N) is 1. The predicted molar refractivity (Wildman–Crippen MR) is 57.9 cm³/mol. The molecule has 1 atom stereocenters. The lowest BCUT2D eigenvalue weighted by Gasteiger charge is -2.25. The zero-order valence-electron chi connectivity index (χ0n) is 9.86. The van der Waals surface area contributed by atoms with E-state index in [0.29, 0.717) is 12.8 Å². The molecule has 0 bridgehead atoms. The van der Waals surface area contributed by atoms with Gasteiger partial charge in [0, 0.05) is 6.54 Å². The number of aldehydes is 1. The van der Waals surface area contributed by atoms with Gasteiger partial charge >= 0.3 is 6.09 Å². The first kappa shape index (κ1) is 14.4. The van der Waals surface area contributed by atoms with Crippen molar-refractivity contribution in [3.63, 3.8) is 0 Å². The number of amides is 2. The zero-order chi connectivity index (χ0) is 12.6. The smallest absolute Gasteiger partial charge is 0.407 e. The maximum Gasteiger partial charge on any atom is 0.407 e. The van der Waals surface area contributed by atoms with Crippen molar-refractivity contribution in [1.29, 1.82) is 0 Å². The van der Waals surface area contributed by atoms with E-state index in [1.165, 1.54) is 12.0 Å². The average molecular weight is 230 g/mol. The maximum absolute atomic E-state index is 11.7. The van der Waals surface area contributed by atoms with Crippen LogP contribution in [0, 0.1) is 0 Å². The second-order valence-electron chi connectivity index (χ2n) is 3.31. The normalized spacial score (nSPS) is 11.4. The molecule has 1 unspecified atom stereocenters. The fraction of sp³-hybridized carbons (Fsp3) is 0.700. The zero-order valence-corrected chi connectivity index (χ0v) is 9.86. The minimum absolute atomic E-state index is 0.162. The summed E-state index contributed by atoms with van der Waals surface area (Å²) >= 11 is 0. The minimum Gasteiger partial charge on any atom is -0.453 e. The van der Waals surface area contributed by atoms with E-state index >= 15 is 0 Å². The number of nitrogens with one attached hydrogen (secondary N) is 1. The Hall–Kier alpha value is -1.59. The molecular formula is C10H18N2O4. The molecule has 0 aromatic carbocycles. The van der Waals surface area contributed by atoms with Gasteiger partial charge in [-0.15, -0.1) is 0 Å². The number of ether oxygens (including phenoxy) is 1. The Morgan fingerprint density at radius 3 is 2.56 bits per heavy atom. The van der Waals surface area contributed by atoms with Crippen molar-refractivity contribution in [3.05, 3.63) is 0 Å². The fourth-order valence-corrected chi connectivity index (χ4v) is 1.19. The number of rotatable bonds is 6. The second kappa shape index (κ2) is 7.67. The van der Waals surface area contributed by atoms with Gasteiger partial charge in [0.2, 0.25) is 5.91 Å². The molecule has 0 rings (SSSR count). The van der Waals surface area contributed by atoms with Gasteiger partial charge in [-0.3, -0.25) is 4.79 Å². The van der Waals surface area contributed by atoms with Crippen molar-refractivity contribution in [2.45, 2.75) is 26.3 Å². The number of hydrogen-bond acceptors (Lipinski definition) is 4. The molecule has 92 valence electrons. The lowest BCUT2D eigenvalue weighted by atomic mass is 10.2. The summed E-state index contributed by atoms with van der Waals surface area (Å²) in [5, 5.41) is 2.28. The standard InChI is InChI=1S/C10H18N2O4/c1-4-5-12(8(2)7-13)9(14)6-11-10(15)16-3/h7-8H,4-6H2,1-3H3,(H,11,15). The van der Waals surface area contributed by atoms with E-state index in [1.54, 1.807) is 6.92 Å². The van der Waals surface area contributed by atoms with E-state index in [-0.39, 0.29) is 12.5 Å². The SMILES string of the molecule is CCCN(C(=O)CNC(=O)OC)C(C)C=O. The summed E-state index contributed by atoms with van der Waals surface area (Å²) in [6.45, 7) is 3.87. The molecule has 0 aromatic heterocycles. The topological polar surface area (TPSA) is 75.7 Å². The summed E-state index contributed by atoms with van der Waals surface area (Å²) in [7, 11) is 1.22. The number of carbonyl (C=O) groups is 3. The molecule has 0 saturated carbocycles. The van der Waals surface area contributed by atoms with Gasteiger partial charge in [0.25, 0.3) is 0 Å². The molecule has 0 spiro atoms. The maximum atomic E-state index is 11.7. The van der Waals surface area contributed by atoms with E-state index in [0.717, 1.165) is 6.42 Å². The third-order valence-electron chi connectivity index (χ3n) is 2.04. The van der Waals surface area contributed by atoms with Crippen molar-refractivity contribution >= 4 is 18.3 Å². The van der Waals surface area contributed by atoms with Crippen LogP contribution in [0.5, 0.6) is 0 Å². The second-order valence-corrected chi connectivity index (χ2v) is 3.31. The lowest BCUT2D eigenvalue weighted by Crippen LogP contribution is -2.45. The van der Waals surface area contributed by atoms with Crippen LogP contribution in [0.2, 0.25) is 0 Å². The highest BCUT2D eigenvalue weighted by atomic mass is 16.5. The third-order valence-corrected chi connectivity index (χ3v) is 2.04. The molecule has 2 amide bonds. The van der Waals surface area contributed by atoms with Gasteiger partial charge < -0.3 is 19.7 Å². The Morgan fingerprint density at radius 2 is 2.12 bits per heavy atom. The number of hydrogen-bond donors (Lipinski definition) is 1. The summed E-state index contributed by atoms with van der Waals surface area (Å²) in [6, 6.07) is -0.480. The van der Waals surface area contributed by atoms with Crippen LogP contribution >= 0.6 is 0 Å². The molecule has 0 fully saturated rings. The quantitative estimate of drug-likeness (QED) is 0.660. The summed E-state index contributed by atoms with van der Waals surface area (Å²) < 4.78 is 4.34. The fourth-order valence-electron chi connectivity index (χ4n) is 1.19. The highest BCUT2D eigenvalue weighted by Crippen LogP contribution is 1.98. The average Bonchev–Trinajstić information content (AvgIpc) is 2.31. The Kier molecular flexibility index (Phi) is 6.91. The number of carbonyl (C=O) groups excluding carboxylic acids is 3. The van der Waals surface area contributed by atoms with E-state index in [4.69, 9.17) is 0 Å². The molecule has 0 heterocycles. The van der Waals surface area contributed by atoms with Gasteiger partial charge in [0.15, 0.2) is 0 Å². The molecule has 6 heteroatoms. The molecule has 0 aromatic rings. The van der Waals surface area contributed by atoms with Gasteiger partial charge in [-0.2, -0.15) is 0 Å². The number of alkyl carbamates (subject to hydrolysis) is 1. The molecule has 1 N–H and O–H groups in total. The molecular weight excluding hydrogens is 212 g/mol. The monoisotopic (exact) mass is 230 g/mol. The van der Waals surface area contributed by atoms with Crippen LogP contribution in [-0.4, -0.2) is 49.4 Å².